The molecule has 1 N–H and O–H groups in total. The number of nitrogens with one attached hydrogen (secondary N) is 1. The van der Waals surface area contributed by atoms with E-state index in [1.807, 2.05) is 36.4 Å². The lowest BCUT2D eigenvalue weighted by Gasteiger charge is -2.31. The average Bonchev–Trinajstić information content (AvgIpc) is 2.81. The zero-order valence-corrected chi connectivity index (χ0v) is 18.9. The van der Waals surface area contributed by atoms with Crippen LogP contribution in [-0.4, -0.2) is 34.7 Å². The van der Waals surface area contributed by atoms with Gasteiger partial charge in [0.15, 0.2) is 0 Å². The molecular weight excluding hydrogens is 442 g/mol. The average molecular weight is 466 g/mol. The summed E-state index contributed by atoms with van der Waals surface area (Å²) in [6.45, 7) is 0.130. The number of carbonyl (C=O) groups excluding carboxylic acids is 2. The second-order valence-electron chi connectivity index (χ2n) is 7.53. The molecule has 0 aliphatic heterocycles. The van der Waals surface area contributed by atoms with Crippen LogP contribution in [0, 0.1) is 10.1 Å². The Morgan fingerprint density at radius 2 is 1.67 bits per heavy atom. The Bertz CT molecular complexity index is 1140. The van der Waals surface area contributed by atoms with Crippen LogP contribution in [0.4, 0.5) is 5.69 Å². The normalized spacial score (nSPS) is 11.5. The third kappa shape index (κ3) is 6.40. The van der Waals surface area contributed by atoms with Crippen LogP contribution in [0.3, 0.4) is 0 Å². The maximum Gasteiger partial charge on any atom is 0.273 e. The summed E-state index contributed by atoms with van der Waals surface area (Å²) in [5, 5.41) is 14.6. The van der Waals surface area contributed by atoms with Gasteiger partial charge in [-0.2, -0.15) is 0 Å². The third-order valence-electron chi connectivity index (χ3n) is 5.29. The van der Waals surface area contributed by atoms with Crippen molar-refractivity contribution < 1.29 is 14.5 Å². The Kier molecular flexibility index (Phi) is 8.16. The fourth-order valence-electron chi connectivity index (χ4n) is 3.66. The lowest BCUT2D eigenvalue weighted by Crippen LogP contribution is -2.50. The zero-order valence-electron chi connectivity index (χ0n) is 18.1. The van der Waals surface area contributed by atoms with Crippen LogP contribution in [0.2, 0.25) is 5.02 Å². The molecule has 2 amide bonds. The number of hydrogen-bond acceptors (Lipinski definition) is 4. The number of benzene rings is 3. The molecule has 3 aromatic rings. The number of hydrogen-bond donors (Lipinski definition) is 1. The number of carbonyl (C=O) groups is 2. The van der Waals surface area contributed by atoms with Gasteiger partial charge in [0.25, 0.3) is 5.69 Å². The first-order chi connectivity index (χ1) is 15.9. The van der Waals surface area contributed by atoms with Gasteiger partial charge in [-0.3, -0.25) is 19.7 Å². The van der Waals surface area contributed by atoms with Gasteiger partial charge in [-0.15, -0.1) is 0 Å². The highest BCUT2D eigenvalue weighted by Gasteiger charge is 2.31. The van der Waals surface area contributed by atoms with E-state index < -0.39 is 16.9 Å². The maximum absolute atomic E-state index is 13.5. The third-order valence-corrected chi connectivity index (χ3v) is 5.52. The summed E-state index contributed by atoms with van der Waals surface area (Å²) in [6.07, 6.45) is 0.0870. The minimum atomic E-state index is -0.813. The highest BCUT2D eigenvalue weighted by atomic mass is 35.5. The number of nitro benzene ring substituents is 1. The van der Waals surface area contributed by atoms with E-state index in [4.69, 9.17) is 11.6 Å². The summed E-state index contributed by atoms with van der Waals surface area (Å²) in [6, 6.07) is 21.8. The van der Waals surface area contributed by atoms with Gasteiger partial charge in [0.2, 0.25) is 11.8 Å². The molecule has 3 rings (SSSR count). The van der Waals surface area contributed by atoms with E-state index in [1.165, 1.54) is 18.0 Å². The van der Waals surface area contributed by atoms with Gasteiger partial charge in [0.05, 0.1) is 11.3 Å². The Morgan fingerprint density at radius 3 is 2.33 bits per heavy atom. The summed E-state index contributed by atoms with van der Waals surface area (Å²) in [5.41, 5.74) is 1.80. The number of likely N-dealkylation sites (N-methyl/N-ethyl adjacent to an activating group) is 1. The van der Waals surface area contributed by atoms with Crippen LogP contribution < -0.4 is 5.32 Å². The molecular formula is C25H24ClN3O4. The fraction of sp³-hybridized carbons (Fsp3) is 0.200. The van der Waals surface area contributed by atoms with Crippen molar-refractivity contribution in [3.05, 3.63) is 111 Å². The highest BCUT2D eigenvalue weighted by molar-refractivity contribution is 6.30. The highest BCUT2D eigenvalue weighted by Crippen LogP contribution is 2.22. The molecule has 0 spiro atoms. The van der Waals surface area contributed by atoms with Crippen molar-refractivity contribution in [3.8, 4) is 0 Å². The monoisotopic (exact) mass is 465 g/mol. The van der Waals surface area contributed by atoms with Gasteiger partial charge < -0.3 is 10.2 Å². The first-order valence-electron chi connectivity index (χ1n) is 10.4. The van der Waals surface area contributed by atoms with E-state index in [0.29, 0.717) is 17.0 Å². The van der Waals surface area contributed by atoms with Crippen LogP contribution >= 0.6 is 11.6 Å². The molecule has 170 valence electrons. The Labute approximate surface area is 197 Å². The van der Waals surface area contributed by atoms with Gasteiger partial charge >= 0.3 is 0 Å². The quantitative estimate of drug-likeness (QED) is 0.379. The minimum Gasteiger partial charge on any atom is -0.357 e. The van der Waals surface area contributed by atoms with E-state index in [1.54, 1.807) is 36.4 Å². The van der Waals surface area contributed by atoms with Gasteiger partial charge in [-0.25, -0.2) is 0 Å². The smallest absolute Gasteiger partial charge is 0.273 e. The van der Waals surface area contributed by atoms with Crippen LogP contribution in [0.15, 0.2) is 78.9 Å². The van der Waals surface area contributed by atoms with Gasteiger partial charge in [-0.1, -0.05) is 72.3 Å². The van der Waals surface area contributed by atoms with E-state index in [0.717, 1.165) is 11.1 Å². The molecule has 0 aliphatic carbocycles. The summed E-state index contributed by atoms with van der Waals surface area (Å²) in [4.78, 5) is 38.8. The SMILES string of the molecule is CNC(=O)[C@@H](Cc1ccccc1)N(Cc1cccc(Cl)c1)C(=O)Cc1ccccc1[N+](=O)[O-]. The molecule has 0 bridgehead atoms. The lowest BCUT2D eigenvalue weighted by atomic mass is 10.0. The molecule has 8 heteroatoms. The number of amides is 2. The molecule has 1 atom stereocenters. The summed E-state index contributed by atoms with van der Waals surface area (Å²) >= 11 is 6.13. The summed E-state index contributed by atoms with van der Waals surface area (Å²) in [5.74, 6) is -0.717. The molecule has 0 aliphatic rings. The van der Waals surface area contributed by atoms with Crippen molar-refractivity contribution >= 4 is 29.1 Å². The largest absolute Gasteiger partial charge is 0.357 e. The first-order valence-corrected chi connectivity index (χ1v) is 10.8. The Hall–Kier alpha value is -3.71. The van der Waals surface area contributed by atoms with Crippen molar-refractivity contribution in [2.24, 2.45) is 0 Å². The van der Waals surface area contributed by atoms with Crippen LogP contribution in [0.25, 0.3) is 0 Å². The topological polar surface area (TPSA) is 92.6 Å². The van der Waals surface area contributed by atoms with Crippen molar-refractivity contribution in [2.75, 3.05) is 7.05 Å². The molecule has 0 radical (unpaired) electrons. The lowest BCUT2D eigenvalue weighted by molar-refractivity contribution is -0.385. The minimum absolute atomic E-state index is 0.130. The van der Waals surface area contributed by atoms with Gasteiger partial charge in [0.1, 0.15) is 6.04 Å². The molecule has 3 aromatic carbocycles. The van der Waals surface area contributed by atoms with Crippen LogP contribution in [0.1, 0.15) is 16.7 Å². The van der Waals surface area contributed by atoms with Gasteiger partial charge in [0, 0.05) is 36.7 Å². The Balaban J connectivity index is 1.98. The summed E-state index contributed by atoms with van der Waals surface area (Å²) < 4.78 is 0. The molecule has 0 saturated carbocycles. The van der Waals surface area contributed by atoms with Crippen molar-refractivity contribution in [1.29, 1.82) is 0 Å². The van der Waals surface area contributed by atoms with Crippen molar-refractivity contribution in [1.82, 2.24) is 10.2 Å². The van der Waals surface area contributed by atoms with Crippen LogP contribution in [-0.2, 0) is 29.0 Å². The van der Waals surface area contributed by atoms with E-state index in [9.17, 15) is 19.7 Å². The molecule has 0 unspecified atom stereocenters. The van der Waals surface area contributed by atoms with E-state index in [2.05, 4.69) is 5.32 Å². The molecule has 0 fully saturated rings. The predicted molar refractivity (Wildman–Crippen MR) is 127 cm³/mol. The van der Waals surface area contributed by atoms with Crippen molar-refractivity contribution in [2.45, 2.75) is 25.4 Å². The van der Waals surface area contributed by atoms with E-state index in [-0.39, 0.29) is 24.6 Å². The standard InChI is InChI=1S/C25H24ClN3O4/c1-27-25(31)23(15-18-8-3-2-4-9-18)28(17-19-10-7-12-21(26)14-19)24(30)16-20-11-5-6-13-22(20)29(32)33/h2-14,23H,15-17H2,1H3,(H,27,31)/t23-/m1/s1. The maximum atomic E-state index is 13.5. The number of rotatable bonds is 9. The van der Waals surface area contributed by atoms with Gasteiger partial charge in [-0.05, 0) is 23.3 Å². The molecule has 0 heterocycles. The Morgan fingerprint density at radius 1 is 1.00 bits per heavy atom. The number of halogens is 1. The molecule has 0 saturated heterocycles. The summed E-state index contributed by atoms with van der Waals surface area (Å²) in [7, 11) is 1.52. The zero-order chi connectivity index (χ0) is 23.8. The molecule has 7 nitrogen and oxygen atoms in total. The second kappa shape index (κ2) is 11.2. The number of nitrogens with zero attached hydrogens (tertiary/aromatic N) is 2. The first kappa shape index (κ1) is 23.9. The van der Waals surface area contributed by atoms with E-state index >= 15 is 0 Å². The predicted octanol–water partition coefficient (Wildman–Crippen LogP) is 4.18. The fourth-order valence-corrected chi connectivity index (χ4v) is 3.87. The van der Waals surface area contributed by atoms with Crippen LogP contribution in [0.5, 0.6) is 0 Å². The van der Waals surface area contributed by atoms with Crippen molar-refractivity contribution in [3.63, 3.8) is 0 Å². The second-order valence-corrected chi connectivity index (χ2v) is 7.97. The number of nitro groups is 1. The molecule has 0 aromatic heterocycles. The molecule has 33 heavy (non-hydrogen) atoms. The number of para-hydroxylation sites is 1.